The molecule has 0 N–H and O–H groups in total. The van der Waals surface area contributed by atoms with E-state index in [0.717, 1.165) is 29.9 Å². The monoisotopic (exact) mass is 192 g/mol. The second-order valence-corrected chi connectivity index (χ2v) is 4.05. The first-order valence-electron chi connectivity index (χ1n) is 5.32. The fourth-order valence-corrected chi connectivity index (χ4v) is 2.34. The lowest BCUT2D eigenvalue weighted by molar-refractivity contribution is 0.101. The Kier molecular flexibility index (Phi) is 2.44. The van der Waals surface area contributed by atoms with Crippen molar-refractivity contribution < 1.29 is 9.21 Å². The molecule has 2 nitrogen and oxygen atoms in total. The summed E-state index contributed by atoms with van der Waals surface area (Å²) in [6.07, 6.45) is 5.65. The van der Waals surface area contributed by atoms with Crippen LogP contribution in [-0.2, 0) is 12.8 Å². The van der Waals surface area contributed by atoms with E-state index in [0.29, 0.717) is 0 Å². The smallest absolute Gasteiger partial charge is 0.163 e. The van der Waals surface area contributed by atoms with Gasteiger partial charge in [-0.3, -0.25) is 4.79 Å². The van der Waals surface area contributed by atoms with E-state index in [1.165, 1.54) is 24.8 Å². The van der Waals surface area contributed by atoms with E-state index in [2.05, 4.69) is 0 Å². The molecule has 0 saturated heterocycles. The molecule has 1 aliphatic rings. The molecule has 0 aromatic carbocycles. The number of hydrogen-bond donors (Lipinski definition) is 0. The Balaban J connectivity index is 2.49. The molecule has 0 radical (unpaired) electrons. The molecule has 0 aliphatic heterocycles. The van der Waals surface area contributed by atoms with Gasteiger partial charge in [0.15, 0.2) is 5.78 Å². The summed E-state index contributed by atoms with van der Waals surface area (Å²) < 4.78 is 5.66. The summed E-state index contributed by atoms with van der Waals surface area (Å²) in [7, 11) is 0. The van der Waals surface area contributed by atoms with Crippen molar-refractivity contribution in [3.63, 3.8) is 0 Å². The summed E-state index contributed by atoms with van der Waals surface area (Å²) in [6.45, 7) is 3.52. The van der Waals surface area contributed by atoms with Crippen LogP contribution in [0.2, 0.25) is 0 Å². The zero-order valence-corrected chi connectivity index (χ0v) is 8.85. The third kappa shape index (κ3) is 1.49. The summed E-state index contributed by atoms with van der Waals surface area (Å²) in [5.74, 6) is 2.02. The number of furan rings is 1. The molecule has 1 aromatic heterocycles. The number of carbonyl (C=O) groups excluding carboxylic acids is 1. The molecule has 0 unspecified atom stereocenters. The summed E-state index contributed by atoms with van der Waals surface area (Å²) in [6, 6.07) is 0. The lowest BCUT2D eigenvalue weighted by atomic mass is 10.0. The zero-order chi connectivity index (χ0) is 10.1. The van der Waals surface area contributed by atoms with Crippen LogP contribution in [0.15, 0.2) is 4.42 Å². The Morgan fingerprint density at radius 2 is 1.93 bits per heavy atom. The van der Waals surface area contributed by atoms with Crippen LogP contribution in [0.25, 0.3) is 0 Å². The van der Waals surface area contributed by atoms with Crippen molar-refractivity contribution in [2.45, 2.75) is 46.0 Å². The molecule has 2 rings (SSSR count). The van der Waals surface area contributed by atoms with E-state index in [-0.39, 0.29) is 5.78 Å². The Morgan fingerprint density at radius 1 is 1.21 bits per heavy atom. The van der Waals surface area contributed by atoms with E-state index in [4.69, 9.17) is 4.42 Å². The number of rotatable bonds is 1. The van der Waals surface area contributed by atoms with Gasteiger partial charge in [-0.1, -0.05) is 6.42 Å². The van der Waals surface area contributed by atoms with E-state index >= 15 is 0 Å². The van der Waals surface area contributed by atoms with Crippen LogP contribution in [0.1, 0.15) is 53.6 Å². The van der Waals surface area contributed by atoms with Crippen LogP contribution in [0.5, 0.6) is 0 Å². The van der Waals surface area contributed by atoms with Crippen molar-refractivity contribution in [2.24, 2.45) is 0 Å². The molecule has 0 atom stereocenters. The van der Waals surface area contributed by atoms with Gasteiger partial charge < -0.3 is 4.42 Å². The first-order chi connectivity index (χ1) is 6.70. The Bertz CT molecular complexity index is 361. The first-order valence-corrected chi connectivity index (χ1v) is 5.32. The molecule has 0 bridgehead atoms. The lowest BCUT2D eigenvalue weighted by Gasteiger charge is -1.98. The van der Waals surface area contributed by atoms with E-state index in [1.54, 1.807) is 6.92 Å². The molecular weight excluding hydrogens is 176 g/mol. The highest BCUT2D eigenvalue weighted by atomic mass is 16.3. The minimum absolute atomic E-state index is 0.148. The highest BCUT2D eigenvalue weighted by molar-refractivity contribution is 5.96. The van der Waals surface area contributed by atoms with Crippen molar-refractivity contribution in [3.05, 3.63) is 22.6 Å². The minimum atomic E-state index is 0.148. The predicted molar refractivity (Wildman–Crippen MR) is 54.7 cm³/mol. The third-order valence-electron chi connectivity index (χ3n) is 2.95. The number of Topliss-reactive ketones (excluding diaryl/α,β-unsaturated/α-hetero) is 1. The van der Waals surface area contributed by atoms with Gasteiger partial charge in [-0.15, -0.1) is 0 Å². The molecule has 14 heavy (non-hydrogen) atoms. The normalized spacial score (nSPS) is 16.1. The SMILES string of the molecule is CC(=O)c1c(C)oc2c1CCCCC2. The van der Waals surface area contributed by atoms with Crippen LogP contribution in [0, 0.1) is 6.92 Å². The molecule has 1 aliphatic carbocycles. The van der Waals surface area contributed by atoms with Gasteiger partial charge >= 0.3 is 0 Å². The molecule has 0 fully saturated rings. The molecule has 2 heteroatoms. The van der Waals surface area contributed by atoms with E-state index in [1.807, 2.05) is 6.92 Å². The summed E-state index contributed by atoms with van der Waals surface area (Å²) >= 11 is 0. The second kappa shape index (κ2) is 3.60. The minimum Gasteiger partial charge on any atom is -0.465 e. The maximum Gasteiger partial charge on any atom is 0.163 e. The Labute approximate surface area is 84.3 Å². The standard InChI is InChI=1S/C12H16O2/c1-8(13)12-9(2)14-11-7-5-3-4-6-10(11)12/h3-7H2,1-2H3. The molecule has 76 valence electrons. The number of hydrogen-bond acceptors (Lipinski definition) is 2. The predicted octanol–water partition coefficient (Wildman–Crippen LogP) is 3.06. The number of aryl methyl sites for hydroxylation is 2. The van der Waals surface area contributed by atoms with Crippen molar-refractivity contribution in [1.82, 2.24) is 0 Å². The Hall–Kier alpha value is -1.05. The van der Waals surface area contributed by atoms with Gasteiger partial charge in [0.05, 0.1) is 5.56 Å². The highest BCUT2D eigenvalue weighted by Crippen LogP contribution is 2.28. The molecule has 0 spiro atoms. The maximum absolute atomic E-state index is 11.5. The van der Waals surface area contributed by atoms with Gasteiger partial charge in [-0.05, 0) is 33.1 Å². The van der Waals surface area contributed by atoms with Crippen LogP contribution in [-0.4, -0.2) is 5.78 Å². The van der Waals surface area contributed by atoms with E-state index in [9.17, 15) is 4.79 Å². The number of ketones is 1. The van der Waals surface area contributed by atoms with Gasteiger partial charge in [0.25, 0.3) is 0 Å². The molecular formula is C12H16O2. The van der Waals surface area contributed by atoms with Crippen LogP contribution in [0.4, 0.5) is 0 Å². The van der Waals surface area contributed by atoms with Crippen LogP contribution >= 0.6 is 0 Å². The van der Waals surface area contributed by atoms with Crippen LogP contribution < -0.4 is 0 Å². The molecule has 1 aromatic rings. The van der Waals surface area contributed by atoms with E-state index < -0.39 is 0 Å². The van der Waals surface area contributed by atoms with Gasteiger partial charge in [-0.2, -0.15) is 0 Å². The lowest BCUT2D eigenvalue weighted by Crippen LogP contribution is -1.98. The van der Waals surface area contributed by atoms with Crippen molar-refractivity contribution in [2.75, 3.05) is 0 Å². The number of carbonyl (C=O) groups is 1. The summed E-state index contributed by atoms with van der Waals surface area (Å²) in [5, 5.41) is 0. The summed E-state index contributed by atoms with van der Waals surface area (Å²) in [4.78, 5) is 11.5. The number of fused-ring (bicyclic) bond motifs is 1. The fraction of sp³-hybridized carbons (Fsp3) is 0.583. The van der Waals surface area contributed by atoms with Crippen LogP contribution in [0.3, 0.4) is 0 Å². The van der Waals surface area contributed by atoms with Gasteiger partial charge in [0.2, 0.25) is 0 Å². The van der Waals surface area contributed by atoms with Gasteiger partial charge in [0, 0.05) is 12.0 Å². The van der Waals surface area contributed by atoms with Gasteiger partial charge in [-0.25, -0.2) is 0 Å². The first kappa shape index (κ1) is 9.50. The second-order valence-electron chi connectivity index (χ2n) is 4.05. The fourth-order valence-electron chi connectivity index (χ4n) is 2.34. The molecule has 1 heterocycles. The summed E-state index contributed by atoms with van der Waals surface area (Å²) in [5.41, 5.74) is 2.04. The topological polar surface area (TPSA) is 30.2 Å². The average Bonchev–Trinajstić information content (AvgIpc) is 2.31. The quantitative estimate of drug-likeness (QED) is 0.505. The molecule has 0 amide bonds. The Morgan fingerprint density at radius 3 is 2.64 bits per heavy atom. The highest BCUT2D eigenvalue weighted by Gasteiger charge is 2.21. The zero-order valence-electron chi connectivity index (χ0n) is 8.85. The van der Waals surface area contributed by atoms with Crippen molar-refractivity contribution >= 4 is 5.78 Å². The van der Waals surface area contributed by atoms with Crippen molar-refractivity contribution in [3.8, 4) is 0 Å². The maximum atomic E-state index is 11.5. The average molecular weight is 192 g/mol. The largest absolute Gasteiger partial charge is 0.465 e. The molecule has 0 saturated carbocycles. The van der Waals surface area contributed by atoms with Gasteiger partial charge in [0.1, 0.15) is 11.5 Å². The van der Waals surface area contributed by atoms with Crippen molar-refractivity contribution in [1.29, 1.82) is 0 Å². The third-order valence-corrected chi connectivity index (χ3v) is 2.95.